The summed E-state index contributed by atoms with van der Waals surface area (Å²) in [6.07, 6.45) is 13.3. The van der Waals surface area contributed by atoms with Crippen molar-refractivity contribution in [3.63, 3.8) is 0 Å². The molecule has 4 saturated heterocycles. The highest BCUT2D eigenvalue weighted by Crippen LogP contribution is 2.47. The van der Waals surface area contributed by atoms with Gasteiger partial charge in [0.15, 0.2) is 0 Å². The molecule has 2 aromatic carbocycles. The number of halogens is 2. The Hall–Kier alpha value is -4.44. The van der Waals surface area contributed by atoms with Gasteiger partial charge in [-0.2, -0.15) is 15.1 Å². The minimum absolute atomic E-state index is 0.195. The molecule has 4 aliphatic heterocycles. The maximum absolute atomic E-state index is 15.2. The lowest BCUT2D eigenvalue weighted by Gasteiger charge is -2.34. The summed E-state index contributed by atoms with van der Waals surface area (Å²) in [6, 6.07) is 8.21. The van der Waals surface area contributed by atoms with Crippen LogP contribution in [-0.4, -0.2) is 86.6 Å². The summed E-state index contributed by atoms with van der Waals surface area (Å²) in [5.74, 6) is 2.99. The number of fused-ring (bicyclic) bond motifs is 8. The highest BCUT2D eigenvalue weighted by Gasteiger charge is 2.49. The molecule has 0 aliphatic carbocycles. The summed E-state index contributed by atoms with van der Waals surface area (Å²) in [7, 11) is 0. The van der Waals surface area contributed by atoms with Crippen LogP contribution in [0.25, 0.3) is 53.2 Å². The van der Waals surface area contributed by atoms with Crippen molar-refractivity contribution in [3.8, 4) is 29.6 Å². The fourth-order valence-corrected chi connectivity index (χ4v) is 10.1. The Bertz CT molecular complexity index is 2320. The number of nitrogens with one attached hydrogen (secondary N) is 2. The maximum Gasteiger partial charge on any atom is 0.319 e. The molecule has 0 saturated carbocycles. The number of benzene rings is 2. The molecule has 12 heteroatoms. The number of thiophene rings is 1. The first-order chi connectivity index (χ1) is 23.5. The van der Waals surface area contributed by atoms with Gasteiger partial charge in [-0.3, -0.25) is 15.0 Å². The standard InChI is InChI=1S/C36H32F2N8OS/c1-2-23-26(38)7-4-19-12-27-25(14-40-44-27)29(28(19)23)31-32-24(8-10-39-31)30-33(45-16-21-5-6-22(17-45)41-21)42-35(43-34(30)48-32)47-18-36-9-3-11-46(36)15-20(37)13-36/h1,4,7-8,10,12,14,20-22,41H,3,5-6,9,11,13,15-18H2,(H,40,44)/t20-,21?,22?,36+/m1/s1. The Labute approximate surface area is 278 Å². The molecule has 4 fully saturated rings. The first-order valence-electron chi connectivity index (χ1n) is 16.7. The van der Waals surface area contributed by atoms with Crippen LogP contribution in [-0.2, 0) is 0 Å². The van der Waals surface area contributed by atoms with E-state index in [1.165, 1.54) is 17.4 Å². The van der Waals surface area contributed by atoms with Crippen molar-refractivity contribution in [3.05, 3.63) is 48.0 Å². The van der Waals surface area contributed by atoms with Crippen molar-refractivity contribution >= 4 is 59.1 Å². The largest absolute Gasteiger partial charge is 0.461 e. The van der Waals surface area contributed by atoms with Gasteiger partial charge in [-0.05, 0) is 55.8 Å². The van der Waals surface area contributed by atoms with Crippen LogP contribution in [0.4, 0.5) is 14.6 Å². The van der Waals surface area contributed by atoms with Crippen LogP contribution < -0.4 is 15.0 Å². The third kappa shape index (κ3) is 4.20. The maximum atomic E-state index is 15.2. The number of piperazine rings is 1. The molecule has 9 nitrogen and oxygen atoms in total. The van der Waals surface area contributed by atoms with Crippen molar-refractivity contribution < 1.29 is 13.5 Å². The van der Waals surface area contributed by atoms with E-state index in [4.69, 9.17) is 26.1 Å². The minimum Gasteiger partial charge on any atom is -0.461 e. The van der Waals surface area contributed by atoms with Crippen LogP contribution in [0.1, 0.15) is 37.7 Å². The summed E-state index contributed by atoms with van der Waals surface area (Å²) >= 11 is 1.52. The Morgan fingerprint density at radius 2 is 1.98 bits per heavy atom. The Balaban J connectivity index is 1.18. The van der Waals surface area contributed by atoms with Crippen LogP contribution in [0.2, 0.25) is 0 Å². The smallest absolute Gasteiger partial charge is 0.319 e. The molecule has 0 amide bonds. The molecule has 0 radical (unpaired) electrons. The number of hydrogen-bond donors (Lipinski definition) is 2. The summed E-state index contributed by atoms with van der Waals surface area (Å²) < 4.78 is 37.2. The van der Waals surface area contributed by atoms with Gasteiger partial charge in [0.25, 0.3) is 0 Å². The van der Waals surface area contributed by atoms with Crippen LogP contribution in [0.15, 0.2) is 36.7 Å². The average molecular weight is 663 g/mol. The zero-order valence-electron chi connectivity index (χ0n) is 26.1. The molecule has 4 aromatic heterocycles. The second kappa shape index (κ2) is 10.5. The van der Waals surface area contributed by atoms with Gasteiger partial charge < -0.3 is 15.0 Å². The SMILES string of the molecule is C#Cc1c(F)ccc2cc3[nH]ncc3c(-c3nccc4c3sc3nc(OC[C@@]56CCCN5C[C@H](F)C6)nc(N5CC6CCC(C5)N6)c34)c12. The monoisotopic (exact) mass is 662 g/mol. The van der Waals surface area contributed by atoms with Crippen molar-refractivity contribution in [1.29, 1.82) is 0 Å². The van der Waals surface area contributed by atoms with E-state index in [-0.39, 0.29) is 11.1 Å². The van der Waals surface area contributed by atoms with Gasteiger partial charge in [-0.15, -0.1) is 17.8 Å². The van der Waals surface area contributed by atoms with Crippen molar-refractivity contribution in [2.24, 2.45) is 0 Å². The number of terminal acetylenes is 1. The molecule has 10 rings (SSSR count). The van der Waals surface area contributed by atoms with Gasteiger partial charge in [-0.1, -0.05) is 12.0 Å². The number of anilines is 1. The number of aromatic amines is 1. The van der Waals surface area contributed by atoms with Crippen molar-refractivity contribution in [2.75, 3.05) is 37.7 Å². The van der Waals surface area contributed by atoms with Crippen LogP contribution in [0, 0.1) is 18.2 Å². The number of H-pyrrole nitrogens is 1. The summed E-state index contributed by atoms with van der Waals surface area (Å²) in [5.41, 5.74) is 2.11. The lowest BCUT2D eigenvalue weighted by molar-refractivity contribution is 0.107. The number of ether oxygens (including phenoxy) is 1. The van der Waals surface area contributed by atoms with Crippen LogP contribution in [0.5, 0.6) is 6.01 Å². The number of alkyl halides is 1. The molecule has 2 bridgehead atoms. The number of rotatable bonds is 5. The molecule has 6 aromatic rings. The van der Waals surface area contributed by atoms with E-state index in [1.54, 1.807) is 18.5 Å². The quantitative estimate of drug-likeness (QED) is 0.219. The van der Waals surface area contributed by atoms with E-state index in [2.05, 4.69) is 31.2 Å². The molecule has 2 unspecified atom stereocenters. The molecule has 0 spiro atoms. The normalized spacial score (nSPS) is 25.5. The van der Waals surface area contributed by atoms with Gasteiger partial charge in [0.05, 0.1) is 38.6 Å². The topological polar surface area (TPSA) is 95.1 Å². The highest BCUT2D eigenvalue weighted by molar-refractivity contribution is 7.26. The number of aromatic nitrogens is 5. The predicted octanol–water partition coefficient (Wildman–Crippen LogP) is 5.95. The summed E-state index contributed by atoms with van der Waals surface area (Å²) in [6.45, 7) is 3.39. The van der Waals surface area contributed by atoms with Crippen molar-refractivity contribution in [1.82, 2.24) is 35.4 Å². The summed E-state index contributed by atoms with van der Waals surface area (Å²) in [5, 5.41) is 15.3. The van der Waals surface area contributed by atoms with Gasteiger partial charge in [0.1, 0.15) is 29.2 Å². The number of hydrogen-bond acceptors (Lipinski definition) is 9. The lowest BCUT2D eigenvalue weighted by atomic mass is 9.93. The highest BCUT2D eigenvalue weighted by atomic mass is 32.1. The van der Waals surface area contributed by atoms with E-state index in [9.17, 15) is 4.39 Å². The zero-order valence-corrected chi connectivity index (χ0v) is 26.9. The fraction of sp³-hybridized carbons (Fsp3) is 0.389. The second-order valence-electron chi connectivity index (χ2n) is 13.8. The lowest BCUT2D eigenvalue weighted by Crippen LogP contribution is -2.51. The van der Waals surface area contributed by atoms with Crippen molar-refractivity contribution in [2.45, 2.75) is 55.9 Å². The third-order valence-corrected chi connectivity index (χ3v) is 12.1. The first kappa shape index (κ1) is 28.6. The third-order valence-electron chi connectivity index (χ3n) is 11.0. The molecular weight excluding hydrogens is 631 g/mol. The van der Waals surface area contributed by atoms with E-state index in [1.807, 2.05) is 12.1 Å². The predicted molar refractivity (Wildman–Crippen MR) is 184 cm³/mol. The molecular formula is C36H32F2N8OS. The van der Waals surface area contributed by atoms with E-state index >= 15 is 4.39 Å². The molecule has 48 heavy (non-hydrogen) atoms. The van der Waals surface area contributed by atoms with E-state index in [0.717, 1.165) is 93.3 Å². The van der Waals surface area contributed by atoms with E-state index < -0.39 is 12.0 Å². The fourth-order valence-electron chi connectivity index (χ4n) is 8.92. The van der Waals surface area contributed by atoms with Gasteiger partial charge in [0.2, 0.25) is 0 Å². The van der Waals surface area contributed by atoms with Crippen LogP contribution in [0.3, 0.4) is 0 Å². The van der Waals surface area contributed by atoms with Gasteiger partial charge >= 0.3 is 6.01 Å². The Morgan fingerprint density at radius 1 is 1.10 bits per heavy atom. The van der Waals surface area contributed by atoms with E-state index in [0.29, 0.717) is 48.7 Å². The molecule has 4 aliphatic rings. The second-order valence-corrected chi connectivity index (χ2v) is 14.8. The van der Waals surface area contributed by atoms with Crippen LogP contribution >= 0.6 is 11.3 Å². The first-order valence-corrected chi connectivity index (χ1v) is 17.5. The molecule has 4 atom stereocenters. The van der Waals surface area contributed by atoms with Gasteiger partial charge in [0, 0.05) is 66.1 Å². The Morgan fingerprint density at radius 3 is 2.83 bits per heavy atom. The number of pyridine rings is 1. The minimum atomic E-state index is -0.836. The molecule has 8 heterocycles. The number of nitrogens with zero attached hydrogens (tertiary/aromatic N) is 6. The summed E-state index contributed by atoms with van der Waals surface area (Å²) in [4.78, 5) is 20.4. The zero-order chi connectivity index (χ0) is 32.1. The van der Waals surface area contributed by atoms with Gasteiger partial charge in [-0.25, -0.2) is 8.78 Å². The average Bonchev–Trinajstić information content (AvgIpc) is 3.91. The Kier molecular flexibility index (Phi) is 6.26. The molecule has 242 valence electrons. The molecule has 2 N–H and O–H groups in total.